The van der Waals surface area contributed by atoms with E-state index in [-0.39, 0.29) is 17.3 Å². The van der Waals surface area contributed by atoms with Crippen LogP contribution in [0.1, 0.15) is 42.5 Å². The number of Topliss-reactive ketones (excluding diaryl/α,β-unsaturated/α-hetero) is 1. The van der Waals surface area contributed by atoms with Gasteiger partial charge in [0.1, 0.15) is 13.2 Å². The Morgan fingerprint density at radius 2 is 1.66 bits per heavy atom. The van der Waals surface area contributed by atoms with Crippen LogP contribution >= 0.6 is 0 Å². The molecule has 2 heterocycles. The molecule has 0 saturated carbocycles. The summed E-state index contributed by atoms with van der Waals surface area (Å²) >= 11 is 0. The van der Waals surface area contributed by atoms with Gasteiger partial charge < -0.3 is 14.2 Å². The van der Waals surface area contributed by atoms with Crippen LogP contribution in [0, 0.1) is 13.8 Å². The Morgan fingerprint density at radius 1 is 0.938 bits per heavy atom. The Kier molecular flexibility index (Phi) is 5.93. The third-order valence-electron chi connectivity index (χ3n) is 5.09. The Morgan fingerprint density at radius 3 is 2.41 bits per heavy atom. The Labute approximate surface area is 184 Å². The number of aryl methyl sites for hydroxylation is 1. The highest BCUT2D eigenvalue weighted by atomic mass is 16.6. The molecule has 1 N–H and O–H groups in total. The van der Waals surface area contributed by atoms with Crippen LogP contribution in [0.4, 0.5) is 0 Å². The zero-order valence-corrected chi connectivity index (χ0v) is 17.7. The number of carbonyl (C=O) groups is 3. The number of nitrogens with one attached hydrogen (secondary N) is 1. The summed E-state index contributed by atoms with van der Waals surface area (Å²) in [5.41, 5.74) is 5.14. The van der Waals surface area contributed by atoms with E-state index in [0.717, 1.165) is 0 Å². The molecule has 164 valence electrons. The van der Waals surface area contributed by atoms with Gasteiger partial charge in [-0.15, -0.1) is 0 Å². The molecular weight excluding hydrogens is 412 g/mol. The first-order valence-corrected chi connectivity index (χ1v) is 10.1. The van der Waals surface area contributed by atoms with E-state index >= 15 is 0 Å². The van der Waals surface area contributed by atoms with Crippen molar-refractivity contribution < 1.29 is 28.6 Å². The molecule has 4 rings (SSSR count). The average Bonchev–Trinajstić information content (AvgIpc) is 3.10. The highest BCUT2D eigenvalue weighted by Gasteiger charge is 2.20. The van der Waals surface area contributed by atoms with Crippen LogP contribution in [0.5, 0.6) is 11.5 Å². The number of benzene rings is 2. The van der Waals surface area contributed by atoms with E-state index in [1.807, 2.05) is 6.07 Å². The number of carbonyl (C=O) groups excluding carboxylic acids is 3. The summed E-state index contributed by atoms with van der Waals surface area (Å²) in [6.07, 6.45) is 0. The molecule has 1 aromatic heterocycles. The van der Waals surface area contributed by atoms with Gasteiger partial charge in [-0.2, -0.15) is 0 Å². The van der Waals surface area contributed by atoms with E-state index < -0.39 is 12.6 Å². The van der Waals surface area contributed by atoms with E-state index in [2.05, 4.69) is 5.43 Å². The van der Waals surface area contributed by atoms with Crippen molar-refractivity contribution in [3.63, 3.8) is 0 Å². The molecule has 2 aromatic carbocycles. The van der Waals surface area contributed by atoms with Crippen molar-refractivity contribution in [3.05, 3.63) is 82.7 Å². The van der Waals surface area contributed by atoms with Gasteiger partial charge in [-0.05, 0) is 50.2 Å². The number of ether oxygens (including phenoxy) is 3. The summed E-state index contributed by atoms with van der Waals surface area (Å²) in [6, 6.07) is 15.2. The Balaban J connectivity index is 1.42. The predicted octanol–water partition coefficient (Wildman–Crippen LogP) is 3.30. The second kappa shape index (κ2) is 8.97. The SMILES string of the molecule is Cc1cc(C(=O)COC(=O)c2ccc3c(c2)OCCO3)c(C)n1NC(=O)c1ccccc1. The molecule has 3 aromatic rings. The normalized spacial score (nSPS) is 12.2. The lowest BCUT2D eigenvalue weighted by molar-refractivity contribution is 0.0473. The molecule has 8 nitrogen and oxygen atoms in total. The number of aromatic nitrogens is 1. The summed E-state index contributed by atoms with van der Waals surface area (Å²) in [7, 11) is 0. The topological polar surface area (TPSA) is 95.9 Å². The lowest BCUT2D eigenvalue weighted by atomic mass is 10.1. The van der Waals surface area contributed by atoms with Gasteiger partial charge in [0.05, 0.1) is 5.56 Å². The smallest absolute Gasteiger partial charge is 0.338 e. The van der Waals surface area contributed by atoms with E-state index in [4.69, 9.17) is 14.2 Å². The third-order valence-corrected chi connectivity index (χ3v) is 5.09. The summed E-state index contributed by atoms with van der Waals surface area (Å²) in [6.45, 7) is 3.92. The summed E-state index contributed by atoms with van der Waals surface area (Å²) in [5, 5.41) is 0. The van der Waals surface area contributed by atoms with Crippen LogP contribution in [0.15, 0.2) is 54.6 Å². The minimum absolute atomic E-state index is 0.266. The molecule has 1 aliphatic heterocycles. The third kappa shape index (κ3) is 4.34. The summed E-state index contributed by atoms with van der Waals surface area (Å²) in [4.78, 5) is 37.6. The van der Waals surface area contributed by atoms with E-state index in [9.17, 15) is 14.4 Å². The summed E-state index contributed by atoms with van der Waals surface area (Å²) < 4.78 is 17.7. The van der Waals surface area contributed by atoms with Crippen LogP contribution in [0.3, 0.4) is 0 Å². The highest BCUT2D eigenvalue weighted by Crippen LogP contribution is 2.31. The first kappa shape index (κ1) is 21.2. The number of hydrogen-bond donors (Lipinski definition) is 1. The maximum atomic E-state index is 12.7. The Bertz CT molecular complexity index is 1180. The number of fused-ring (bicyclic) bond motifs is 1. The molecule has 0 spiro atoms. The molecule has 0 atom stereocenters. The predicted molar refractivity (Wildman–Crippen MR) is 116 cm³/mol. The number of hydrogen-bond acceptors (Lipinski definition) is 6. The number of amides is 1. The number of ketones is 1. The van der Waals surface area contributed by atoms with Crippen LogP contribution < -0.4 is 14.9 Å². The van der Waals surface area contributed by atoms with E-state index in [1.54, 1.807) is 61.0 Å². The highest BCUT2D eigenvalue weighted by molar-refractivity contribution is 6.02. The van der Waals surface area contributed by atoms with E-state index in [1.165, 1.54) is 6.07 Å². The molecule has 0 unspecified atom stereocenters. The largest absolute Gasteiger partial charge is 0.486 e. The first-order valence-electron chi connectivity index (χ1n) is 10.1. The zero-order chi connectivity index (χ0) is 22.7. The van der Waals surface area contributed by atoms with Gasteiger partial charge in [0.15, 0.2) is 18.1 Å². The van der Waals surface area contributed by atoms with Gasteiger partial charge in [-0.3, -0.25) is 19.7 Å². The molecule has 1 amide bonds. The maximum absolute atomic E-state index is 12.7. The van der Waals surface area contributed by atoms with Gasteiger partial charge >= 0.3 is 5.97 Å². The molecule has 0 saturated heterocycles. The van der Waals surface area contributed by atoms with Crippen molar-refractivity contribution in [3.8, 4) is 11.5 Å². The van der Waals surface area contributed by atoms with Crippen molar-refractivity contribution in [2.24, 2.45) is 0 Å². The first-order chi connectivity index (χ1) is 15.4. The molecule has 0 radical (unpaired) electrons. The molecule has 0 aliphatic carbocycles. The lowest BCUT2D eigenvalue weighted by Gasteiger charge is -2.18. The molecule has 0 fully saturated rings. The maximum Gasteiger partial charge on any atom is 0.338 e. The van der Waals surface area contributed by atoms with Crippen molar-refractivity contribution in [2.45, 2.75) is 13.8 Å². The van der Waals surface area contributed by atoms with Crippen LogP contribution in [0.25, 0.3) is 0 Å². The average molecular weight is 434 g/mol. The zero-order valence-electron chi connectivity index (χ0n) is 17.7. The second-order valence-corrected chi connectivity index (χ2v) is 7.28. The standard InChI is InChI=1S/C24H22N2O6/c1-15-12-19(16(2)26(15)25-23(28)17-6-4-3-5-7-17)20(27)14-32-24(29)18-8-9-21-22(13-18)31-11-10-30-21/h3-9,12-13H,10-11,14H2,1-2H3,(H,25,28). The van der Waals surface area contributed by atoms with Crippen molar-refractivity contribution in [1.82, 2.24) is 4.68 Å². The van der Waals surface area contributed by atoms with Gasteiger partial charge in [-0.25, -0.2) is 4.79 Å². The molecule has 32 heavy (non-hydrogen) atoms. The molecule has 8 heteroatoms. The van der Waals surface area contributed by atoms with Crippen LogP contribution in [-0.4, -0.2) is 42.2 Å². The summed E-state index contributed by atoms with van der Waals surface area (Å²) in [5.74, 6) is -0.272. The fourth-order valence-electron chi connectivity index (χ4n) is 3.44. The number of nitrogens with zero attached hydrogens (tertiary/aromatic N) is 1. The lowest BCUT2D eigenvalue weighted by Crippen LogP contribution is -2.25. The minimum atomic E-state index is -0.637. The number of rotatable bonds is 6. The molecular formula is C24H22N2O6. The monoisotopic (exact) mass is 434 g/mol. The number of esters is 1. The van der Waals surface area contributed by atoms with Crippen LogP contribution in [-0.2, 0) is 4.74 Å². The van der Waals surface area contributed by atoms with Gasteiger partial charge in [0.2, 0.25) is 5.78 Å². The van der Waals surface area contributed by atoms with E-state index in [0.29, 0.717) is 47.2 Å². The van der Waals surface area contributed by atoms with Gasteiger partial charge in [0, 0.05) is 22.5 Å². The molecule has 0 bridgehead atoms. The Hall–Kier alpha value is -4.07. The minimum Gasteiger partial charge on any atom is -0.486 e. The van der Waals surface area contributed by atoms with Crippen molar-refractivity contribution >= 4 is 17.7 Å². The van der Waals surface area contributed by atoms with Crippen LogP contribution in [0.2, 0.25) is 0 Å². The second-order valence-electron chi connectivity index (χ2n) is 7.28. The molecule has 1 aliphatic rings. The van der Waals surface area contributed by atoms with Gasteiger partial charge in [0.25, 0.3) is 5.91 Å². The fraction of sp³-hybridized carbons (Fsp3) is 0.208. The van der Waals surface area contributed by atoms with Crippen molar-refractivity contribution in [2.75, 3.05) is 25.2 Å². The quantitative estimate of drug-likeness (QED) is 0.472. The van der Waals surface area contributed by atoms with Crippen molar-refractivity contribution in [1.29, 1.82) is 0 Å². The fourth-order valence-corrected chi connectivity index (χ4v) is 3.44. The van der Waals surface area contributed by atoms with Gasteiger partial charge in [-0.1, -0.05) is 18.2 Å².